The van der Waals surface area contributed by atoms with E-state index in [0.29, 0.717) is 41.8 Å². The average molecular weight is 455 g/mol. The number of benzene rings is 2. The van der Waals surface area contributed by atoms with Crippen LogP contribution in [0.2, 0.25) is 0 Å². The number of halogens is 2. The summed E-state index contributed by atoms with van der Waals surface area (Å²) in [6, 6.07) is 8.81. The van der Waals surface area contributed by atoms with Crippen LogP contribution in [0.5, 0.6) is 0 Å². The van der Waals surface area contributed by atoms with Crippen LogP contribution in [0.25, 0.3) is 0 Å². The van der Waals surface area contributed by atoms with Crippen molar-refractivity contribution in [3.05, 3.63) is 57.8 Å². The summed E-state index contributed by atoms with van der Waals surface area (Å²) in [4.78, 5) is 14.7. The molecule has 8 heteroatoms. The maximum Gasteiger partial charge on any atom is 0.259 e. The van der Waals surface area contributed by atoms with E-state index in [4.69, 9.17) is 0 Å². The molecule has 2 aromatic rings. The van der Waals surface area contributed by atoms with E-state index in [1.54, 1.807) is 30.9 Å². The van der Waals surface area contributed by atoms with E-state index in [2.05, 4.69) is 15.9 Å². The van der Waals surface area contributed by atoms with Crippen LogP contribution in [-0.2, 0) is 16.4 Å². The zero-order valence-corrected chi connectivity index (χ0v) is 17.5. The fraction of sp³-hybridized carbons (Fsp3) is 0.316. The lowest BCUT2D eigenvalue weighted by atomic mass is 10.1. The normalized spacial score (nSPS) is 13.9. The van der Waals surface area contributed by atoms with Crippen LogP contribution < -0.4 is 4.90 Å². The molecule has 0 aromatic heterocycles. The average Bonchev–Trinajstić information content (AvgIpc) is 3.05. The van der Waals surface area contributed by atoms with Gasteiger partial charge in [-0.3, -0.25) is 4.79 Å². The van der Waals surface area contributed by atoms with Gasteiger partial charge in [-0.25, -0.2) is 12.8 Å². The van der Waals surface area contributed by atoms with Crippen LogP contribution in [0.3, 0.4) is 0 Å². The Morgan fingerprint density at radius 2 is 1.89 bits per heavy atom. The van der Waals surface area contributed by atoms with Crippen LogP contribution in [-0.4, -0.2) is 38.3 Å². The number of carbonyl (C=O) groups is 1. The summed E-state index contributed by atoms with van der Waals surface area (Å²) in [6.07, 6.45) is 0.571. The maximum absolute atomic E-state index is 13.3. The molecule has 0 saturated heterocycles. The number of hydrogen-bond acceptors (Lipinski definition) is 3. The summed E-state index contributed by atoms with van der Waals surface area (Å²) in [5, 5.41) is 0. The standard InChI is InChI=1S/C19H20BrFN2O3S/c1-3-22(4-2)27(25,26)15-6-8-18-13(11-15)9-10-23(18)19(24)16-7-5-14(21)12-17(16)20/h5-8,11-12H,3-4,9-10H2,1-2H3. The SMILES string of the molecule is CCN(CC)S(=O)(=O)c1ccc2c(c1)CCN2C(=O)c1ccc(F)cc1Br. The van der Waals surface area contributed by atoms with E-state index in [1.165, 1.54) is 28.6 Å². The van der Waals surface area contributed by atoms with E-state index in [-0.39, 0.29) is 10.8 Å². The monoisotopic (exact) mass is 454 g/mol. The third kappa shape index (κ3) is 3.66. The van der Waals surface area contributed by atoms with Crippen LogP contribution >= 0.6 is 15.9 Å². The number of amides is 1. The van der Waals surface area contributed by atoms with Crippen molar-refractivity contribution in [1.29, 1.82) is 0 Å². The third-order valence-electron chi connectivity index (χ3n) is 4.70. The Labute approximate surface area is 167 Å². The molecule has 0 atom stereocenters. The summed E-state index contributed by atoms with van der Waals surface area (Å²) < 4.78 is 40.5. The second-order valence-electron chi connectivity index (χ2n) is 6.21. The molecule has 0 bridgehead atoms. The quantitative estimate of drug-likeness (QED) is 0.689. The van der Waals surface area contributed by atoms with Gasteiger partial charge in [-0.15, -0.1) is 0 Å². The van der Waals surface area contributed by atoms with Gasteiger partial charge in [-0.05, 0) is 64.3 Å². The predicted molar refractivity (Wildman–Crippen MR) is 106 cm³/mol. The van der Waals surface area contributed by atoms with Crippen molar-refractivity contribution >= 4 is 37.5 Å². The largest absolute Gasteiger partial charge is 0.308 e. The summed E-state index contributed by atoms with van der Waals surface area (Å²) in [6.45, 7) is 4.86. The van der Waals surface area contributed by atoms with E-state index in [1.807, 2.05) is 0 Å². The van der Waals surface area contributed by atoms with E-state index < -0.39 is 15.8 Å². The summed E-state index contributed by atoms with van der Waals surface area (Å²) >= 11 is 3.23. The van der Waals surface area contributed by atoms with Gasteiger partial charge in [-0.2, -0.15) is 4.31 Å². The lowest BCUT2D eigenvalue weighted by Crippen LogP contribution is -2.31. The highest BCUT2D eigenvalue weighted by molar-refractivity contribution is 9.10. The van der Waals surface area contributed by atoms with Gasteiger partial charge >= 0.3 is 0 Å². The van der Waals surface area contributed by atoms with Crippen molar-refractivity contribution in [2.75, 3.05) is 24.5 Å². The van der Waals surface area contributed by atoms with Crippen molar-refractivity contribution in [3.63, 3.8) is 0 Å². The first-order chi connectivity index (χ1) is 12.8. The number of fused-ring (bicyclic) bond motifs is 1. The molecule has 3 rings (SSSR count). The summed E-state index contributed by atoms with van der Waals surface area (Å²) in [7, 11) is -3.54. The smallest absolute Gasteiger partial charge is 0.259 e. The number of carbonyl (C=O) groups excluding carboxylic acids is 1. The minimum atomic E-state index is -3.54. The summed E-state index contributed by atoms with van der Waals surface area (Å²) in [5.41, 5.74) is 1.87. The van der Waals surface area contributed by atoms with Gasteiger partial charge in [0.25, 0.3) is 5.91 Å². The molecule has 144 valence electrons. The molecule has 0 spiro atoms. The topological polar surface area (TPSA) is 57.7 Å². The van der Waals surface area contributed by atoms with Crippen molar-refractivity contribution in [2.24, 2.45) is 0 Å². The third-order valence-corrected chi connectivity index (χ3v) is 7.40. The number of nitrogens with zero attached hydrogens (tertiary/aromatic N) is 2. The molecule has 0 N–H and O–H groups in total. The maximum atomic E-state index is 13.3. The molecule has 1 aliphatic heterocycles. The van der Waals surface area contributed by atoms with Gasteiger partial charge in [0.2, 0.25) is 10.0 Å². The molecule has 27 heavy (non-hydrogen) atoms. The fourth-order valence-electron chi connectivity index (χ4n) is 3.27. The van der Waals surface area contributed by atoms with Crippen LogP contribution in [0.4, 0.5) is 10.1 Å². The van der Waals surface area contributed by atoms with Crippen LogP contribution in [0.15, 0.2) is 45.8 Å². The van der Waals surface area contributed by atoms with Crippen LogP contribution in [0, 0.1) is 5.82 Å². The first kappa shape index (κ1) is 20.0. The van der Waals surface area contributed by atoms with Gasteiger partial charge in [0.15, 0.2) is 0 Å². The van der Waals surface area contributed by atoms with E-state index in [9.17, 15) is 17.6 Å². The van der Waals surface area contributed by atoms with Crippen molar-refractivity contribution in [1.82, 2.24) is 4.31 Å². The minimum absolute atomic E-state index is 0.238. The Kier molecular flexibility index (Phi) is 5.69. The molecule has 0 fully saturated rings. The van der Waals surface area contributed by atoms with Crippen molar-refractivity contribution in [3.8, 4) is 0 Å². The summed E-state index contributed by atoms with van der Waals surface area (Å²) in [5.74, 6) is -0.675. The lowest BCUT2D eigenvalue weighted by molar-refractivity contribution is 0.0988. The van der Waals surface area contributed by atoms with E-state index >= 15 is 0 Å². The molecule has 1 aliphatic rings. The van der Waals surface area contributed by atoms with Crippen LogP contribution in [0.1, 0.15) is 29.8 Å². The molecule has 0 aliphatic carbocycles. The first-order valence-corrected chi connectivity index (χ1v) is 10.9. The van der Waals surface area contributed by atoms with E-state index in [0.717, 1.165) is 5.56 Å². The molecule has 0 saturated carbocycles. The van der Waals surface area contributed by atoms with Crippen molar-refractivity contribution < 1.29 is 17.6 Å². The molecule has 0 radical (unpaired) electrons. The Morgan fingerprint density at radius 1 is 1.19 bits per heavy atom. The van der Waals surface area contributed by atoms with Gasteiger partial charge in [0, 0.05) is 29.8 Å². The van der Waals surface area contributed by atoms with Gasteiger partial charge in [0.05, 0.1) is 10.5 Å². The lowest BCUT2D eigenvalue weighted by Gasteiger charge is -2.20. The molecule has 0 unspecified atom stereocenters. The van der Waals surface area contributed by atoms with Gasteiger partial charge < -0.3 is 4.90 Å². The number of rotatable bonds is 5. The van der Waals surface area contributed by atoms with Gasteiger partial charge in [-0.1, -0.05) is 13.8 Å². The first-order valence-electron chi connectivity index (χ1n) is 8.69. The highest BCUT2D eigenvalue weighted by Crippen LogP contribution is 2.33. The Bertz CT molecular complexity index is 990. The second kappa shape index (κ2) is 7.69. The highest BCUT2D eigenvalue weighted by Gasteiger charge is 2.29. The van der Waals surface area contributed by atoms with Gasteiger partial charge in [0.1, 0.15) is 5.82 Å². The zero-order chi connectivity index (χ0) is 19.8. The molecular formula is C19H20BrFN2O3S. The molecule has 1 heterocycles. The second-order valence-corrected chi connectivity index (χ2v) is 9.00. The Balaban J connectivity index is 1.94. The number of hydrogen-bond donors (Lipinski definition) is 0. The van der Waals surface area contributed by atoms with Crippen molar-refractivity contribution in [2.45, 2.75) is 25.2 Å². The number of anilines is 1. The zero-order valence-electron chi connectivity index (χ0n) is 15.1. The fourth-order valence-corrected chi connectivity index (χ4v) is 5.30. The molecular weight excluding hydrogens is 435 g/mol. The molecule has 2 aromatic carbocycles. The molecule has 5 nitrogen and oxygen atoms in total. The predicted octanol–water partition coefficient (Wildman–Crippen LogP) is 3.82. The molecule has 1 amide bonds. The number of sulfonamides is 1. The Hall–Kier alpha value is -1.77. The minimum Gasteiger partial charge on any atom is -0.308 e. The highest BCUT2D eigenvalue weighted by atomic mass is 79.9. The Morgan fingerprint density at radius 3 is 2.52 bits per heavy atom.